The van der Waals surface area contributed by atoms with Gasteiger partial charge in [-0.1, -0.05) is 13.0 Å². The highest BCUT2D eigenvalue weighted by Gasteiger charge is 1.87. The van der Waals surface area contributed by atoms with Crippen LogP contribution >= 0.6 is 0 Å². The molecule has 0 aromatic carbocycles. The zero-order valence-electron chi connectivity index (χ0n) is 8.11. The minimum absolute atomic E-state index is 0.157. The van der Waals surface area contributed by atoms with Gasteiger partial charge < -0.3 is 14.9 Å². The summed E-state index contributed by atoms with van der Waals surface area (Å²) in [5.41, 5.74) is 0. The highest BCUT2D eigenvalue weighted by molar-refractivity contribution is 5.68. The van der Waals surface area contributed by atoms with Crippen LogP contribution in [-0.2, 0) is 9.53 Å². The van der Waals surface area contributed by atoms with Crippen LogP contribution < -0.4 is 0 Å². The monoisotopic (exact) mass is 192 g/mol. The topological polar surface area (TPSA) is 83.8 Å². The number of methoxy groups -OCH3 is 1. The van der Waals surface area contributed by atoms with E-state index in [-0.39, 0.29) is 5.97 Å². The molecule has 0 aliphatic rings. The molecular weight excluding hydrogens is 176 g/mol. The average molecular weight is 192 g/mol. The smallest absolute Gasteiger partial charge is 0.469 e. The maximum absolute atomic E-state index is 9.96. The summed E-state index contributed by atoms with van der Waals surface area (Å²) in [5.74, 6) is -0.157. The van der Waals surface area contributed by atoms with E-state index in [1.54, 1.807) is 13.0 Å². The highest BCUT2D eigenvalue weighted by Crippen LogP contribution is 1.76. The van der Waals surface area contributed by atoms with Crippen molar-refractivity contribution in [2.24, 2.45) is 0 Å². The molecule has 2 N–H and O–H groups in total. The Bertz CT molecular complexity index is 131. The molecule has 0 heterocycles. The minimum Gasteiger partial charge on any atom is -0.469 e. The van der Waals surface area contributed by atoms with Crippen molar-refractivity contribution in [1.82, 2.24) is 0 Å². The van der Waals surface area contributed by atoms with Gasteiger partial charge in [0.05, 0.1) is 7.11 Å². The molecular formula is C8H16O5. The number of rotatable bonds is 1. The van der Waals surface area contributed by atoms with Gasteiger partial charge in [0.1, 0.15) is 0 Å². The number of hydrogen-bond acceptors (Lipinski definition) is 3. The molecule has 5 nitrogen and oxygen atoms in total. The molecule has 0 aromatic rings. The number of hydrogen-bond donors (Lipinski definition) is 2. The predicted octanol–water partition coefficient (Wildman–Crippen LogP) is 1.98. The molecule has 78 valence electrons. The first-order chi connectivity index (χ1) is 5.95. The lowest BCUT2D eigenvalue weighted by Gasteiger charge is -1.87. The Hall–Kier alpha value is -1.52. The van der Waals surface area contributed by atoms with Crippen LogP contribution in [-0.4, -0.2) is 29.4 Å². The van der Waals surface area contributed by atoms with Gasteiger partial charge in [-0.3, -0.25) is 4.79 Å². The van der Waals surface area contributed by atoms with Crippen molar-refractivity contribution in [3.8, 4) is 0 Å². The van der Waals surface area contributed by atoms with Crippen molar-refractivity contribution in [2.45, 2.75) is 20.3 Å². The molecule has 0 aromatic heterocycles. The summed E-state index contributed by atoms with van der Waals surface area (Å²) in [6.45, 7) is 7.01. The van der Waals surface area contributed by atoms with Crippen molar-refractivity contribution in [2.75, 3.05) is 7.11 Å². The van der Waals surface area contributed by atoms with Crippen LogP contribution in [0.3, 0.4) is 0 Å². The first-order valence-electron chi connectivity index (χ1n) is 3.51. The van der Waals surface area contributed by atoms with Crippen molar-refractivity contribution in [3.05, 3.63) is 12.7 Å². The van der Waals surface area contributed by atoms with E-state index in [0.29, 0.717) is 6.42 Å². The summed E-state index contributed by atoms with van der Waals surface area (Å²) in [6, 6.07) is 0. The van der Waals surface area contributed by atoms with Crippen LogP contribution in [0.25, 0.3) is 0 Å². The molecule has 0 aliphatic heterocycles. The van der Waals surface area contributed by atoms with E-state index in [1.165, 1.54) is 7.11 Å². The predicted molar refractivity (Wildman–Crippen MR) is 48.8 cm³/mol. The molecule has 0 bridgehead atoms. The third-order valence-corrected chi connectivity index (χ3v) is 0.516. The minimum atomic E-state index is -1.83. The van der Waals surface area contributed by atoms with Crippen molar-refractivity contribution < 1.29 is 24.5 Å². The zero-order valence-corrected chi connectivity index (χ0v) is 8.11. The third-order valence-electron chi connectivity index (χ3n) is 0.516. The van der Waals surface area contributed by atoms with Gasteiger partial charge in [0.2, 0.25) is 0 Å². The summed E-state index contributed by atoms with van der Waals surface area (Å²) < 4.78 is 4.26. The molecule has 0 rings (SSSR count). The van der Waals surface area contributed by atoms with Crippen LogP contribution in [0.4, 0.5) is 4.79 Å². The SMILES string of the molecule is C=CC.CCC(=O)OC.O=C(O)O. The van der Waals surface area contributed by atoms with E-state index >= 15 is 0 Å². The van der Waals surface area contributed by atoms with E-state index in [9.17, 15) is 4.79 Å². The van der Waals surface area contributed by atoms with Crippen LogP contribution in [0.2, 0.25) is 0 Å². The number of esters is 1. The van der Waals surface area contributed by atoms with Crippen LogP contribution in [0.15, 0.2) is 12.7 Å². The number of carboxylic acid groups (broad SMARTS) is 2. The number of carbonyl (C=O) groups excluding carboxylic acids is 1. The van der Waals surface area contributed by atoms with E-state index in [2.05, 4.69) is 11.3 Å². The largest absolute Gasteiger partial charge is 0.503 e. The molecule has 0 amide bonds. The molecule has 5 heteroatoms. The molecule has 0 atom stereocenters. The molecule has 0 unspecified atom stereocenters. The first-order valence-corrected chi connectivity index (χ1v) is 3.51. The van der Waals surface area contributed by atoms with E-state index in [1.807, 2.05) is 6.92 Å². The molecule has 0 saturated heterocycles. The maximum Gasteiger partial charge on any atom is 0.503 e. The quantitative estimate of drug-likeness (QED) is 0.490. The first kappa shape index (κ1) is 17.5. The Morgan fingerprint density at radius 3 is 1.69 bits per heavy atom. The van der Waals surface area contributed by atoms with Crippen molar-refractivity contribution >= 4 is 12.1 Å². The van der Waals surface area contributed by atoms with Gasteiger partial charge in [0, 0.05) is 6.42 Å². The fourth-order valence-electron chi connectivity index (χ4n) is 0.144. The molecule has 0 spiro atoms. The highest BCUT2D eigenvalue weighted by atomic mass is 16.6. The fraction of sp³-hybridized carbons (Fsp3) is 0.500. The number of carbonyl (C=O) groups is 2. The fourth-order valence-corrected chi connectivity index (χ4v) is 0.144. The Labute approximate surface area is 77.6 Å². The Kier molecular flexibility index (Phi) is 22.7. The second kappa shape index (κ2) is 16.8. The second-order valence-corrected chi connectivity index (χ2v) is 1.62. The van der Waals surface area contributed by atoms with Crippen LogP contribution in [0.5, 0.6) is 0 Å². The average Bonchev–Trinajstić information content (AvgIpc) is 2.03. The van der Waals surface area contributed by atoms with Gasteiger partial charge >= 0.3 is 12.1 Å². The van der Waals surface area contributed by atoms with E-state index < -0.39 is 6.16 Å². The lowest BCUT2D eigenvalue weighted by molar-refractivity contribution is -0.140. The number of ether oxygens (including phenoxy) is 1. The van der Waals surface area contributed by atoms with Gasteiger partial charge in [-0.25, -0.2) is 4.79 Å². The normalized spacial score (nSPS) is 6.38. The van der Waals surface area contributed by atoms with E-state index in [0.717, 1.165) is 0 Å². The molecule has 0 aliphatic carbocycles. The van der Waals surface area contributed by atoms with Gasteiger partial charge in [-0.15, -0.1) is 6.58 Å². The summed E-state index contributed by atoms with van der Waals surface area (Å²) >= 11 is 0. The van der Waals surface area contributed by atoms with Crippen molar-refractivity contribution in [3.63, 3.8) is 0 Å². The van der Waals surface area contributed by atoms with Crippen LogP contribution in [0, 0.1) is 0 Å². The molecule has 0 saturated carbocycles. The van der Waals surface area contributed by atoms with Gasteiger partial charge in [-0.05, 0) is 6.92 Å². The summed E-state index contributed by atoms with van der Waals surface area (Å²) in [5, 5.41) is 13.9. The Morgan fingerprint density at radius 1 is 1.46 bits per heavy atom. The van der Waals surface area contributed by atoms with Crippen LogP contribution in [0.1, 0.15) is 20.3 Å². The zero-order chi connectivity index (χ0) is 11.3. The standard InChI is InChI=1S/C4H8O2.C3H6.CH2O3/c1-3-4(5)6-2;1-3-2;2-1(3)4/h3H2,1-2H3;3H,1H2,2H3;(H2,2,3,4). The molecule has 0 fully saturated rings. The molecule has 0 radical (unpaired) electrons. The van der Waals surface area contributed by atoms with Gasteiger partial charge in [-0.2, -0.15) is 0 Å². The Morgan fingerprint density at radius 2 is 1.69 bits per heavy atom. The van der Waals surface area contributed by atoms with Gasteiger partial charge in [0.25, 0.3) is 0 Å². The number of allylic oxidation sites excluding steroid dienone is 1. The molecule has 13 heavy (non-hydrogen) atoms. The second-order valence-electron chi connectivity index (χ2n) is 1.62. The summed E-state index contributed by atoms with van der Waals surface area (Å²) in [6.07, 6.45) is 0.385. The lowest BCUT2D eigenvalue weighted by Crippen LogP contribution is -1.94. The third kappa shape index (κ3) is 123. The summed E-state index contributed by atoms with van der Waals surface area (Å²) in [7, 11) is 1.38. The van der Waals surface area contributed by atoms with Gasteiger partial charge in [0.15, 0.2) is 0 Å². The lowest BCUT2D eigenvalue weighted by atomic mass is 10.5. The van der Waals surface area contributed by atoms with Crippen molar-refractivity contribution in [1.29, 1.82) is 0 Å². The van der Waals surface area contributed by atoms with E-state index in [4.69, 9.17) is 15.0 Å². The Balaban J connectivity index is -0.000000125. The summed E-state index contributed by atoms with van der Waals surface area (Å²) in [4.78, 5) is 18.5. The maximum atomic E-state index is 9.96.